The van der Waals surface area contributed by atoms with E-state index in [1.807, 2.05) is 0 Å². The van der Waals surface area contributed by atoms with E-state index in [1.165, 1.54) is 0 Å². The summed E-state index contributed by atoms with van der Waals surface area (Å²) in [5.74, 6) is -0.941. The van der Waals surface area contributed by atoms with Gasteiger partial charge < -0.3 is 9.90 Å². The third-order valence-electron chi connectivity index (χ3n) is 1.70. The van der Waals surface area contributed by atoms with Crippen LogP contribution in [0.2, 0.25) is 5.02 Å². The van der Waals surface area contributed by atoms with Gasteiger partial charge in [0.25, 0.3) is 0 Å². The maximum Gasteiger partial charge on any atom is 1.00 e. The number of carboxylic acid groups (broad SMARTS) is 1. The molecule has 76 valence electrons. The number of benzene rings is 1. The van der Waals surface area contributed by atoms with E-state index in [0.717, 1.165) is 17.1 Å². The number of carboxylic acids is 1. The van der Waals surface area contributed by atoms with Gasteiger partial charge in [-0.25, -0.2) is 4.98 Å². The Labute approximate surface area is 143 Å². The molecule has 1 heterocycles. The van der Waals surface area contributed by atoms with Gasteiger partial charge in [-0.05, 0) is 35.8 Å². The quantitative estimate of drug-likeness (QED) is 0.610. The van der Waals surface area contributed by atoms with Crippen LogP contribution in [0.3, 0.4) is 0 Å². The van der Waals surface area contributed by atoms with Gasteiger partial charge >= 0.3 is 51.4 Å². The van der Waals surface area contributed by atoms with Crippen LogP contribution >= 0.6 is 23.1 Å². The predicted octanol–water partition coefficient (Wildman–Crippen LogP) is -1.77. The maximum atomic E-state index is 10.5. The fourth-order valence-corrected chi connectivity index (χ4v) is 1.67. The topological polar surface area (TPSA) is 65.9 Å². The maximum absolute atomic E-state index is 10.5. The van der Waals surface area contributed by atoms with Gasteiger partial charge in [0.05, 0.1) is 0 Å². The van der Waals surface area contributed by atoms with E-state index in [1.54, 1.807) is 24.3 Å². The molecule has 2 rings (SSSR count). The first-order chi connectivity index (χ1) is 7.16. The van der Waals surface area contributed by atoms with Crippen molar-refractivity contribution < 1.29 is 61.3 Å². The van der Waals surface area contributed by atoms with Gasteiger partial charge in [-0.1, -0.05) is 11.6 Å². The van der Waals surface area contributed by atoms with Crippen LogP contribution in [0.25, 0.3) is 11.4 Å². The number of hydrogen-bond donors (Lipinski definition) is 0. The smallest absolute Gasteiger partial charge is 0.542 e. The Morgan fingerprint density at radius 2 is 1.94 bits per heavy atom. The average molecular weight is 279 g/mol. The van der Waals surface area contributed by atoms with Crippen LogP contribution in [0.15, 0.2) is 24.3 Å². The standard InChI is InChI=1S/C9H5ClN2O2S.K/c10-6-3-1-5(2-4-6)7-11-8(9(13)14)15-12-7;/h1-4H,(H,13,14);/q;+1/p-1. The Bertz CT molecular complexity index is 500. The van der Waals surface area contributed by atoms with Gasteiger partial charge in [0.2, 0.25) is 0 Å². The van der Waals surface area contributed by atoms with Crippen LogP contribution in [-0.2, 0) is 0 Å². The second-order valence-electron chi connectivity index (χ2n) is 2.72. The molecule has 0 atom stereocenters. The normalized spacial score (nSPS) is 9.56. The van der Waals surface area contributed by atoms with Gasteiger partial charge in [0, 0.05) is 10.6 Å². The van der Waals surface area contributed by atoms with Crippen molar-refractivity contribution in [3.63, 3.8) is 0 Å². The molecular formula is C9H4ClKN2O2S. The van der Waals surface area contributed by atoms with E-state index in [4.69, 9.17) is 11.6 Å². The molecule has 4 nitrogen and oxygen atoms in total. The van der Waals surface area contributed by atoms with Gasteiger partial charge in [-0.15, -0.1) is 0 Å². The van der Waals surface area contributed by atoms with Crippen molar-refractivity contribution in [1.82, 2.24) is 9.36 Å². The van der Waals surface area contributed by atoms with Crippen LogP contribution in [0, 0.1) is 0 Å². The van der Waals surface area contributed by atoms with Gasteiger partial charge in [-0.3, -0.25) is 0 Å². The molecule has 0 aliphatic heterocycles. The number of hydrogen-bond acceptors (Lipinski definition) is 5. The first-order valence-electron chi connectivity index (χ1n) is 3.98. The van der Waals surface area contributed by atoms with Crippen LogP contribution in [0.5, 0.6) is 0 Å². The minimum Gasteiger partial charge on any atom is -0.542 e. The van der Waals surface area contributed by atoms with E-state index in [2.05, 4.69) is 9.36 Å². The zero-order chi connectivity index (χ0) is 10.8. The number of aromatic carboxylic acids is 1. The zero-order valence-electron chi connectivity index (χ0n) is 8.31. The summed E-state index contributed by atoms with van der Waals surface area (Å²) >= 11 is 6.51. The number of nitrogens with zero attached hydrogens (tertiary/aromatic N) is 2. The Balaban J connectivity index is 0.00000128. The number of rotatable bonds is 2. The summed E-state index contributed by atoms with van der Waals surface area (Å²) in [5.41, 5.74) is 0.725. The van der Waals surface area contributed by atoms with E-state index in [9.17, 15) is 9.90 Å². The molecule has 1 aromatic heterocycles. The fourth-order valence-electron chi connectivity index (χ4n) is 1.02. The molecule has 7 heteroatoms. The second-order valence-corrected chi connectivity index (χ2v) is 3.91. The summed E-state index contributed by atoms with van der Waals surface area (Å²) in [6.07, 6.45) is 0. The van der Waals surface area contributed by atoms with Crippen molar-refractivity contribution in [2.75, 3.05) is 0 Å². The molecule has 0 radical (unpaired) electrons. The summed E-state index contributed by atoms with van der Waals surface area (Å²) in [5, 5.41) is 11.0. The number of halogens is 1. The van der Waals surface area contributed by atoms with Crippen molar-refractivity contribution in [3.8, 4) is 11.4 Å². The molecule has 0 bridgehead atoms. The second kappa shape index (κ2) is 6.20. The van der Waals surface area contributed by atoms with Crippen molar-refractivity contribution in [3.05, 3.63) is 34.3 Å². The molecule has 0 saturated carbocycles. The fraction of sp³-hybridized carbons (Fsp3) is 0. The van der Waals surface area contributed by atoms with Crippen molar-refractivity contribution in [2.24, 2.45) is 0 Å². The van der Waals surface area contributed by atoms with Gasteiger partial charge in [-0.2, -0.15) is 4.37 Å². The van der Waals surface area contributed by atoms with Gasteiger partial charge in [0.15, 0.2) is 10.8 Å². The monoisotopic (exact) mass is 278 g/mol. The van der Waals surface area contributed by atoms with Crippen molar-refractivity contribution >= 4 is 29.1 Å². The number of carbonyl (C=O) groups is 1. The number of carbonyl (C=O) groups excluding carboxylic acids is 1. The molecule has 0 fully saturated rings. The first kappa shape index (κ1) is 14.2. The van der Waals surface area contributed by atoms with Crippen LogP contribution in [0.4, 0.5) is 0 Å². The summed E-state index contributed by atoms with van der Waals surface area (Å²) < 4.78 is 3.90. The Hall–Kier alpha value is 0.176. The van der Waals surface area contributed by atoms with E-state index >= 15 is 0 Å². The predicted molar refractivity (Wildman–Crippen MR) is 54.7 cm³/mol. The molecule has 16 heavy (non-hydrogen) atoms. The van der Waals surface area contributed by atoms with Gasteiger partial charge in [0.1, 0.15) is 5.97 Å². The average Bonchev–Trinajstić information content (AvgIpc) is 2.68. The molecule has 0 N–H and O–H groups in total. The van der Waals surface area contributed by atoms with Crippen molar-refractivity contribution in [1.29, 1.82) is 0 Å². The Kier molecular flexibility index (Phi) is 5.52. The van der Waals surface area contributed by atoms with Crippen LogP contribution < -0.4 is 56.5 Å². The number of aromatic nitrogens is 2. The van der Waals surface area contributed by atoms with E-state index < -0.39 is 5.97 Å². The SMILES string of the molecule is O=C([O-])c1nc(-c2ccc(Cl)cc2)ns1.[K+]. The van der Waals surface area contributed by atoms with E-state index in [-0.39, 0.29) is 56.4 Å². The third-order valence-corrected chi connectivity index (χ3v) is 2.65. The zero-order valence-corrected chi connectivity index (χ0v) is 13.0. The summed E-state index contributed by atoms with van der Waals surface area (Å²) in [6, 6.07) is 6.83. The molecule has 0 aliphatic carbocycles. The van der Waals surface area contributed by atoms with Crippen molar-refractivity contribution in [2.45, 2.75) is 0 Å². The molecule has 0 amide bonds. The molecule has 0 saturated heterocycles. The van der Waals surface area contributed by atoms with Crippen LogP contribution in [-0.4, -0.2) is 15.3 Å². The molecule has 0 aliphatic rings. The minimum absolute atomic E-state index is 0. The molecular weight excluding hydrogens is 275 g/mol. The van der Waals surface area contributed by atoms with Crippen LogP contribution in [0.1, 0.15) is 9.80 Å². The largest absolute Gasteiger partial charge is 1.00 e. The molecule has 1 aromatic carbocycles. The Morgan fingerprint density at radius 1 is 1.31 bits per heavy atom. The summed E-state index contributed by atoms with van der Waals surface area (Å²) in [4.78, 5) is 14.3. The molecule has 0 spiro atoms. The summed E-state index contributed by atoms with van der Waals surface area (Å²) in [6.45, 7) is 0. The molecule has 2 aromatic rings. The Morgan fingerprint density at radius 3 is 2.44 bits per heavy atom. The first-order valence-corrected chi connectivity index (χ1v) is 5.13. The summed E-state index contributed by atoms with van der Waals surface area (Å²) in [7, 11) is 0. The minimum atomic E-state index is -1.31. The molecule has 0 unspecified atom stereocenters. The van der Waals surface area contributed by atoms with E-state index in [0.29, 0.717) is 10.8 Å². The third kappa shape index (κ3) is 3.33.